The van der Waals surface area contributed by atoms with Gasteiger partial charge in [0.05, 0.1) is 11.3 Å². The average molecular weight is 393 g/mol. The van der Waals surface area contributed by atoms with Crippen LogP contribution in [0.5, 0.6) is 0 Å². The van der Waals surface area contributed by atoms with E-state index in [2.05, 4.69) is 22.4 Å². The van der Waals surface area contributed by atoms with Crippen molar-refractivity contribution in [3.05, 3.63) is 52.2 Å². The third kappa shape index (κ3) is 5.16. The molecule has 5 nitrogen and oxygen atoms in total. The second-order valence-corrected chi connectivity index (χ2v) is 9.73. The average Bonchev–Trinajstić information content (AvgIpc) is 2.98. The lowest BCUT2D eigenvalue weighted by molar-refractivity contribution is -0.130. The fourth-order valence-electron chi connectivity index (χ4n) is 3.14. The van der Waals surface area contributed by atoms with Gasteiger partial charge in [0.25, 0.3) is 0 Å². The van der Waals surface area contributed by atoms with Gasteiger partial charge < -0.3 is 4.90 Å². The predicted molar refractivity (Wildman–Crippen MR) is 104 cm³/mol. The van der Waals surface area contributed by atoms with Gasteiger partial charge in [-0.2, -0.15) is 0 Å². The molecule has 0 N–H and O–H groups in total. The molecule has 1 aromatic carbocycles. The third-order valence-corrected chi connectivity index (χ3v) is 6.60. The molecule has 3 rings (SSSR count). The number of carbonyl (C=O) groups is 1. The van der Waals surface area contributed by atoms with Crippen molar-refractivity contribution in [2.45, 2.75) is 24.3 Å². The molecule has 0 aliphatic carbocycles. The molecule has 1 aromatic heterocycles. The van der Waals surface area contributed by atoms with Gasteiger partial charge in [-0.15, -0.1) is 11.3 Å². The summed E-state index contributed by atoms with van der Waals surface area (Å²) < 4.78 is 23.0. The Morgan fingerprint density at radius 1 is 1.08 bits per heavy atom. The summed E-state index contributed by atoms with van der Waals surface area (Å²) in [7, 11) is -3.20. The number of hydrogen-bond acceptors (Lipinski definition) is 5. The standard InChI is InChI=1S/C19H24N2O3S2/c1-26(23,24)18-7-5-16(6-8-18)14-19(22)21-10-3-9-20(11-12-21)15-17-4-2-13-25-17/h2,4-8,13H,3,9-12,14-15H2,1H3. The maximum absolute atomic E-state index is 12.6. The molecular formula is C19H24N2O3S2. The summed E-state index contributed by atoms with van der Waals surface area (Å²) in [5.74, 6) is 0.107. The van der Waals surface area contributed by atoms with Gasteiger partial charge in [0.2, 0.25) is 5.91 Å². The maximum Gasteiger partial charge on any atom is 0.227 e. The van der Waals surface area contributed by atoms with Gasteiger partial charge in [-0.1, -0.05) is 18.2 Å². The van der Waals surface area contributed by atoms with Crippen molar-refractivity contribution >= 4 is 27.1 Å². The third-order valence-electron chi connectivity index (χ3n) is 4.61. The van der Waals surface area contributed by atoms with Crippen LogP contribution in [-0.4, -0.2) is 56.6 Å². The van der Waals surface area contributed by atoms with Crippen molar-refractivity contribution in [1.29, 1.82) is 0 Å². The normalized spacial score (nSPS) is 16.4. The number of amides is 1. The first-order chi connectivity index (χ1) is 12.4. The summed E-state index contributed by atoms with van der Waals surface area (Å²) in [5.41, 5.74) is 0.849. The van der Waals surface area contributed by atoms with Crippen LogP contribution in [0.15, 0.2) is 46.7 Å². The molecule has 0 saturated carbocycles. The number of benzene rings is 1. The van der Waals surface area contributed by atoms with Crippen molar-refractivity contribution in [1.82, 2.24) is 9.80 Å². The van der Waals surface area contributed by atoms with E-state index in [9.17, 15) is 13.2 Å². The van der Waals surface area contributed by atoms with E-state index in [1.54, 1.807) is 35.6 Å². The van der Waals surface area contributed by atoms with Crippen LogP contribution in [0.25, 0.3) is 0 Å². The van der Waals surface area contributed by atoms with E-state index < -0.39 is 9.84 Å². The predicted octanol–water partition coefficient (Wildman–Crippen LogP) is 2.43. The molecule has 2 aromatic rings. The molecule has 1 fully saturated rings. The Morgan fingerprint density at radius 2 is 1.85 bits per heavy atom. The highest BCUT2D eigenvalue weighted by atomic mass is 32.2. The Bertz CT molecular complexity index is 830. The second-order valence-electron chi connectivity index (χ2n) is 6.68. The van der Waals surface area contributed by atoms with Gasteiger partial charge in [-0.05, 0) is 35.6 Å². The smallest absolute Gasteiger partial charge is 0.227 e. The molecule has 26 heavy (non-hydrogen) atoms. The van der Waals surface area contributed by atoms with E-state index >= 15 is 0 Å². The van der Waals surface area contributed by atoms with Crippen LogP contribution in [-0.2, 0) is 27.6 Å². The molecule has 140 valence electrons. The molecular weight excluding hydrogens is 368 g/mol. The van der Waals surface area contributed by atoms with E-state index in [4.69, 9.17) is 0 Å². The number of carbonyl (C=O) groups excluding carboxylic acids is 1. The molecule has 0 bridgehead atoms. The topological polar surface area (TPSA) is 57.7 Å². The molecule has 2 heterocycles. The summed E-state index contributed by atoms with van der Waals surface area (Å²) in [6.45, 7) is 4.36. The number of rotatable bonds is 5. The van der Waals surface area contributed by atoms with Crippen molar-refractivity contribution in [3.8, 4) is 0 Å². The van der Waals surface area contributed by atoms with Crippen molar-refractivity contribution < 1.29 is 13.2 Å². The zero-order valence-corrected chi connectivity index (χ0v) is 16.6. The first-order valence-electron chi connectivity index (χ1n) is 8.73. The minimum absolute atomic E-state index is 0.107. The Labute approximate surface area is 159 Å². The minimum Gasteiger partial charge on any atom is -0.341 e. The fourth-order valence-corrected chi connectivity index (χ4v) is 4.52. The van der Waals surface area contributed by atoms with E-state index in [1.807, 2.05) is 4.90 Å². The molecule has 1 aliphatic heterocycles. The maximum atomic E-state index is 12.6. The highest BCUT2D eigenvalue weighted by Crippen LogP contribution is 2.15. The van der Waals surface area contributed by atoms with Crippen LogP contribution < -0.4 is 0 Å². The van der Waals surface area contributed by atoms with Gasteiger partial charge in [0.15, 0.2) is 9.84 Å². The quantitative estimate of drug-likeness (QED) is 0.784. The van der Waals surface area contributed by atoms with Gasteiger partial charge in [0, 0.05) is 43.9 Å². The fraction of sp³-hybridized carbons (Fsp3) is 0.421. The van der Waals surface area contributed by atoms with Crippen LogP contribution in [0.2, 0.25) is 0 Å². The van der Waals surface area contributed by atoms with Crippen LogP contribution in [0.3, 0.4) is 0 Å². The Balaban J connectivity index is 1.55. The monoisotopic (exact) mass is 392 g/mol. The SMILES string of the molecule is CS(=O)(=O)c1ccc(CC(=O)N2CCCN(Cc3cccs3)CC2)cc1. The number of thiophene rings is 1. The van der Waals surface area contributed by atoms with Crippen molar-refractivity contribution in [2.24, 2.45) is 0 Å². The Kier molecular flexibility index (Phi) is 6.11. The van der Waals surface area contributed by atoms with Gasteiger partial charge in [-0.25, -0.2) is 8.42 Å². The Morgan fingerprint density at radius 3 is 2.50 bits per heavy atom. The van der Waals surface area contributed by atoms with Crippen molar-refractivity contribution in [3.63, 3.8) is 0 Å². The molecule has 0 spiro atoms. The van der Waals surface area contributed by atoms with Crippen LogP contribution >= 0.6 is 11.3 Å². The van der Waals surface area contributed by atoms with Crippen molar-refractivity contribution in [2.75, 3.05) is 32.4 Å². The van der Waals surface area contributed by atoms with Gasteiger partial charge in [-0.3, -0.25) is 9.69 Å². The van der Waals surface area contributed by atoms with E-state index in [0.717, 1.165) is 44.7 Å². The van der Waals surface area contributed by atoms with Crippen LogP contribution in [0, 0.1) is 0 Å². The van der Waals surface area contributed by atoms with Crippen LogP contribution in [0.1, 0.15) is 16.9 Å². The van der Waals surface area contributed by atoms with Gasteiger partial charge >= 0.3 is 0 Å². The van der Waals surface area contributed by atoms with E-state index in [-0.39, 0.29) is 10.8 Å². The lowest BCUT2D eigenvalue weighted by Crippen LogP contribution is -2.36. The number of nitrogens with zero attached hydrogens (tertiary/aromatic N) is 2. The second kappa shape index (κ2) is 8.33. The molecule has 0 atom stereocenters. The molecule has 1 saturated heterocycles. The molecule has 7 heteroatoms. The zero-order valence-electron chi connectivity index (χ0n) is 14.9. The lowest BCUT2D eigenvalue weighted by Gasteiger charge is -2.22. The number of sulfone groups is 1. The highest BCUT2D eigenvalue weighted by molar-refractivity contribution is 7.90. The first-order valence-corrected chi connectivity index (χ1v) is 11.5. The Hall–Kier alpha value is -1.70. The lowest BCUT2D eigenvalue weighted by atomic mass is 10.1. The van der Waals surface area contributed by atoms with Gasteiger partial charge in [0.1, 0.15) is 0 Å². The number of hydrogen-bond donors (Lipinski definition) is 0. The summed E-state index contributed by atoms with van der Waals surface area (Å²) in [4.78, 5) is 18.6. The summed E-state index contributed by atoms with van der Waals surface area (Å²) in [6.07, 6.45) is 2.48. The molecule has 1 amide bonds. The summed E-state index contributed by atoms with van der Waals surface area (Å²) >= 11 is 1.77. The minimum atomic E-state index is -3.20. The largest absolute Gasteiger partial charge is 0.341 e. The van der Waals surface area contributed by atoms with Crippen LogP contribution in [0.4, 0.5) is 0 Å². The first kappa shape index (κ1) is 19.1. The summed E-state index contributed by atoms with van der Waals surface area (Å²) in [6, 6.07) is 10.8. The molecule has 1 aliphatic rings. The van der Waals surface area contributed by atoms with E-state index in [1.165, 1.54) is 11.1 Å². The summed E-state index contributed by atoms with van der Waals surface area (Å²) in [5, 5.41) is 2.10. The van der Waals surface area contributed by atoms with E-state index in [0.29, 0.717) is 6.42 Å². The molecule has 0 radical (unpaired) electrons. The highest BCUT2D eigenvalue weighted by Gasteiger charge is 2.19. The zero-order chi connectivity index (χ0) is 18.6. The molecule has 0 unspecified atom stereocenters.